The van der Waals surface area contributed by atoms with Crippen LogP contribution in [0.3, 0.4) is 0 Å². The lowest BCUT2D eigenvalue weighted by atomic mass is 10.3. The molecule has 0 aliphatic rings. The molecular formula is C9H12N2O3S. The van der Waals surface area contributed by atoms with Gasteiger partial charge in [0.1, 0.15) is 0 Å². The highest BCUT2D eigenvalue weighted by Gasteiger charge is 2.15. The number of carbonyl (C=O) groups excluding carboxylic acids is 2. The first-order valence-electron chi connectivity index (χ1n) is 4.39. The number of primary amides is 1. The quantitative estimate of drug-likeness (QED) is 0.757. The molecule has 1 unspecified atom stereocenters. The molecule has 0 aliphatic carbocycles. The van der Waals surface area contributed by atoms with Crippen LogP contribution in [0.4, 0.5) is 0 Å². The van der Waals surface area contributed by atoms with E-state index < -0.39 is 18.0 Å². The summed E-state index contributed by atoms with van der Waals surface area (Å²) in [4.78, 5) is 26.0. The minimum atomic E-state index is -0.891. The fourth-order valence-electron chi connectivity index (χ4n) is 0.934. The highest BCUT2D eigenvalue weighted by atomic mass is 32.1. The van der Waals surface area contributed by atoms with Gasteiger partial charge in [-0.3, -0.25) is 9.59 Å². The SMILES string of the molecule is Cc1nc(CC(=O)OC(C)C(N)=O)cs1. The summed E-state index contributed by atoms with van der Waals surface area (Å²) >= 11 is 1.46. The second kappa shape index (κ2) is 4.88. The van der Waals surface area contributed by atoms with Crippen molar-refractivity contribution in [2.45, 2.75) is 26.4 Å². The van der Waals surface area contributed by atoms with E-state index in [0.717, 1.165) is 5.01 Å². The highest BCUT2D eigenvalue weighted by molar-refractivity contribution is 7.09. The maximum atomic E-state index is 11.3. The number of rotatable bonds is 4. The first-order valence-corrected chi connectivity index (χ1v) is 5.27. The molecule has 1 heterocycles. The molecular weight excluding hydrogens is 216 g/mol. The highest BCUT2D eigenvalue weighted by Crippen LogP contribution is 2.09. The van der Waals surface area contributed by atoms with E-state index in [4.69, 9.17) is 10.5 Å². The van der Waals surface area contributed by atoms with Gasteiger partial charge in [-0.2, -0.15) is 0 Å². The molecule has 1 aromatic heterocycles. The molecule has 0 fully saturated rings. The number of thiazole rings is 1. The standard InChI is InChI=1S/C9H12N2O3S/c1-5(9(10)13)14-8(12)3-7-4-15-6(2)11-7/h4-5H,3H2,1-2H3,(H2,10,13). The van der Waals surface area contributed by atoms with Crippen LogP contribution in [0.15, 0.2) is 5.38 Å². The van der Waals surface area contributed by atoms with Gasteiger partial charge in [-0.1, -0.05) is 0 Å². The Morgan fingerprint density at radius 1 is 1.67 bits per heavy atom. The van der Waals surface area contributed by atoms with Gasteiger partial charge in [0.25, 0.3) is 5.91 Å². The van der Waals surface area contributed by atoms with Crippen molar-refractivity contribution in [2.24, 2.45) is 5.73 Å². The third-order valence-electron chi connectivity index (χ3n) is 1.70. The second-order valence-corrected chi connectivity index (χ2v) is 4.13. The number of carbonyl (C=O) groups is 2. The van der Waals surface area contributed by atoms with Crippen molar-refractivity contribution in [1.29, 1.82) is 0 Å². The molecule has 0 saturated heterocycles. The zero-order valence-corrected chi connectivity index (χ0v) is 9.34. The lowest BCUT2D eigenvalue weighted by Crippen LogP contribution is -2.30. The minimum absolute atomic E-state index is 0.0714. The summed E-state index contributed by atoms with van der Waals surface area (Å²) in [6.45, 7) is 3.29. The van der Waals surface area contributed by atoms with E-state index in [9.17, 15) is 9.59 Å². The summed E-state index contributed by atoms with van der Waals surface area (Å²) in [6.07, 6.45) is -0.820. The first kappa shape index (κ1) is 11.6. The van der Waals surface area contributed by atoms with Crippen molar-refractivity contribution in [3.05, 3.63) is 16.1 Å². The van der Waals surface area contributed by atoms with Crippen LogP contribution in [-0.2, 0) is 20.7 Å². The maximum absolute atomic E-state index is 11.3. The molecule has 5 nitrogen and oxygen atoms in total. The monoisotopic (exact) mass is 228 g/mol. The van der Waals surface area contributed by atoms with E-state index in [-0.39, 0.29) is 6.42 Å². The van der Waals surface area contributed by atoms with Crippen molar-refractivity contribution in [3.8, 4) is 0 Å². The van der Waals surface area contributed by atoms with Gasteiger partial charge in [0.15, 0.2) is 6.10 Å². The smallest absolute Gasteiger partial charge is 0.312 e. The first-order chi connectivity index (χ1) is 6.99. The maximum Gasteiger partial charge on any atom is 0.312 e. The average molecular weight is 228 g/mol. The van der Waals surface area contributed by atoms with Crippen molar-refractivity contribution >= 4 is 23.2 Å². The van der Waals surface area contributed by atoms with E-state index in [1.165, 1.54) is 18.3 Å². The van der Waals surface area contributed by atoms with Gasteiger partial charge in [-0.15, -0.1) is 11.3 Å². The van der Waals surface area contributed by atoms with Gasteiger partial charge < -0.3 is 10.5 Å². The Morgan fingerprint density at radius 2 is 2.33 bits per heavy atom. The summed E-state index contributed by atoms with van der Waals surface area (Å²) in [5.74, 6) is -1.15. The third kappa shape index (κ3) is 3.67. The Morgan fingerprint density at radius 3 is 2.80 bits per heavy atom. The number of amides is 1. The molecule has 0 aromatic carbocycles. The molecule has 0 radical (unpaired) electrons. The minimum Gasteiger partial charge on any atom is -0.452 e. The molecule has 6 heteroatoms. The van der Waals surface area contributed by atoms with Gasteiger partial charge in [-0.05, 0) is 13.8 Å². The molecule has 15 heavy (non-hydrogen) atoms. The molecule has 0 bridgehead atoms. The van der Waals surface area contributed by atoms with Crippen molar-refractivity contribution in [2.75, 3.05) is 0 Å². The molecule has 1 aromatic rings. The van der Waals surface area contributed by atoms with Gasteiger partial charge in [-0.25, -0.2) is 4.98 Å². The second-order valence-electron chi connectivity index (χ2n) is 3.07. The van der Waals surface area contributed by atoms with Crippen LogP contribution in [-0.4, -0.2) is 23.0 Å². The number of hydrogen-bond donors (Lipinski definition) is 1. The number of hydrogen-bond acceptors (Lipinski definition) is 5. The lowest BCUT2D eigenvalue weighted by Gasteiger charge is -2.08. The number of aromatic nitrogens is 1. The summed E-state index contributed by atoms with van der Waals surface area (Å²) in [5, 5.41) is 2.67. The Bertz CT molecular complexity index is 375. The van der Waals surface area contributed by atoms with Crippen LogP contribution in [0, 0.1) is 6.92 Å². The number of nitrogens with two attached hydrogens (primary N) is 1. The number of aryl methyl sites for hydroxylation is 1. The predicted octanol–water partition coefficient (Wildman–Crippen LogP) is 0.411. The van der Waals surface area contributed by atoms with Crippen LogP contribution in [0.2, 0.25) is 0 Å². The van der Waals surface area contributed by atoms with Crippen LogP contribution >= 0.6 is 11.3 Å². The molecule has 82 valence electrons. The van der Waals surface area contributed by atoms with E-state index >= 15 is 0 Å². The van der Waals surface area contributed by atoms with Gasteiger partial charge in [0.05, 0.1) is 17.1 Å². The Hall–Kier alpha value is -1.43. The summed E-state index contributed by atoms with van der Waals surface area (Å²) in [5.41, 5.74) is 5.60. The van der Waals surface area contributed by atoms with Crippen molar-refractivity contribution < 1.29 is 14.3 Å². The van der Waals surface area contributed by atoms with Crippen LogP contribution < -0.4 is 5.73 Å². The zero-order valence-electron chi connectivity index (χ0n) is 8.52. The molecule has 0 aliphatic heterocycles. The lowest BCUT2D eigenvalue weighted by molar-refractivity contribution is -0.153. The topological polar surface area (TPSA) is 82.3 Å². The van der Waals surface area contributed by atoms with Crippen molar-refractivity contribution in [3.63, 3.8) is 0 Å². The van der Waals surface area contributed by atoms with Gasteiger partial charge >= 0.3 is 5.97 Å². The average Bonchev–Trinajstić information content (AvgIpc) is 2.50. The number of ether oxygens (including phenoxy) is 1. The molecule has 0 saturated carbocycles. The Labute approximate surface area is 91.3 Å². The zero-order chi connectivity index (χ0) is 11.4. The number of esters is 1. The van der Waals surface area contributed by atoms with Gasteiger partial charge in [0.2, 0.25) is 0 Å². The van der Waals surface area contributed by atoms with E-state index in [1.807, 2.05) is 6.92 Å². The van der Waals surface area contributed by atoms with Crippen molar-refractivity contribution in [1.82, 2.24) is 4.98 Å². The molecule has 1 amide bonds. The normalized spacial score (nSPS) is 12.1. The predicted molar refractivity (Wildman–Crippen MR) is 55.3 cm³/mol. The summed E-state index contributed by atoms with van der Waals surface area (Å²) < 4.78 is 4.78. The fraction of sp³-hybridized carbons (Fsp3) is 0.444. The van der Waals surface area contributed by atoms with Crippen LogP contribution in [0.5, 0.6) is 0 Å². The molecule has 1 rings (SSSR count). The molecule has 1 atom stereocenters. The Kier molecular flexibility index (Phi) is 3.79. The largest absolute Gasteiger partial charge is 0.452 e. The van der Waals surface area contributed by atoms with Crippen LogP contribution in [0.1, 0.15) is 17.6 Å². The van der Waals surface area contributed by atoms with Gasteiger partial charge in [0, 0.05) is 5.38 Å². The van der Waals surface area contributed by atoms with E-state index in [2.05, 4.69) is 4.98 Å². The molecule has 0 spiro atoms. The fourth-order valence-corrected chi connectivity index (χ4v) is 1.55. The number of nitrogens with zero attached hydrogens (tertiary/aromatic N) is 1. The summed E-state index contributed by atoms with van der Waals surface area (Å²) in [7, 11) is 0. The third-order valence-corrected chi connectivity index (χ3v) is 2.52. The molecule has 2 N–H and O–H groups in total. The van der Waals surface area contributed by atoms with E-state index in [0.29, 0.717) is 5.69 Å². The van der Waals surface area contributed by atoms with Crippen LogP contribution in [0.25, 0.3) is 0 Å². The van der Waals surface area contributed by atoms with E-state index in [1.54, 1.807) is 5.38 Å². The summed E-state index contributed by atoms with van der Waals surface area (Å²) in [6, 6.07) is 0. The Balaban J connectivity index is 2.46.